The van der Waals surface area contributed by atoms with Gasteiger partial charge in [-0.25, -0.2) is 0 Å². The lowest BCUT2D eigenvalue weighted by molar-refractivity contribution is 0.0760. The van der Waals surface area contributed by atoms with Crippen LogP contribution in [0.1, 0.15) is 41.6 Å². The van der Waals surface area contributed by atoms with E-state index in [0.29, 0.717) is 0 Å². The maximum atomic E-state index is 12.3. The summed E-state index contributed by atoms with van der Waals surface area (Å²) in [4.78, 5) is 18.3. The number of aryl methyl sites for hydroxylation is 1. The molecule has 2 rings (SSSR count). The van der Waals surface area contributed by atoms with Crippen LogP contribution in [-0.2, 0) is 0 Å². The van der Waals surface area contributed by atoms with Gasteiger partial charge in [0.1, 0.15) is 0 Å². The van der Waals surface area contributed by atoms with E-state index in [0.717, 1.165) is 37.1 Å². The van der Waals surface area contributed by atoms with Gasteiger partial charge >= 0.3 is 0 Å². The molecule has 0 aliphatic carbocycles. The Morgan fingerprint density at radius 2 is 1.94 bits per heavy atom. The Morgan fingerprint density at radius 3 is 2.56 bits per heavy atom. The highest BCUT2D eigenvalue weighted by Crippen LogP contribution is 2.14. The van der Waals surface area contributed by atoms with Crippen molar-refractivity contribution in [2.24, 2.45) is 0 Å². The summed E-state index contributed by atoms with van der Waals surface area (Å²) in [5, 5.41) is 0. The number of hydrogen-bond acceptors (Lipinski definition) is 2. The molecular formula is C13H18N2O. The van der Waals surface area contributed by atoms with Crippen LogP contribution in [0.3, 0.4) is 0 Å². The summed E-state index contributed by atoms with van der Waals surface area (Å²) >= 11 is 0. The summed E-state index contributed by atoms with van der Waals surface area (Å²) in [6, 6.07) is 1.89. The van der Waals surface area contributed by atoms with Crippen molar-refractivity contribution in [1.82, 2.24) is 9.88 Å². The van der Waals surface area contributed by atoms with Crippen molar-refractivity contribution in [1.29, 1.82) is 0 Å². The van der Waals surface area contributed by atoms with Gasteiger partial charge in [0, 0.05) is 25.5 Å². The van der Waals surface area contributed by atoms with Crippen LogP contribution in [0.15, 0.2) is 18.5 Å². The molecule has 1 aromatic heterocycles. The minimum absolute atomic E-state index is 0.146. The first-order chi connectivity index (χ1) is 7.79. The largest absolute Gasteiger partial charge is 0.339 e. The van der Waals surface area contributed by atoms with Crippen LogP contribution < -0.4 is 0 Å². The van der Waals surface area contributed by atoms with E-state index in [9.17, 15) is 4.79 Å². The highest BCUT2D eigenvalue weighted by atomic mass is 16.2. The minimum Gasteiger partial charge on any atom is -0.339 e. The molecule has 1 saturated heterocycles. The van der Waals surface area contributed by atoms with E-state index >= 15 is 0 Å². The van der Waals surface area contributed by atoms with Gasteiger partial charge in [-0.05, 0) is 31.4 Å². The number of carbonyl (C=O) groups excluding carboxylic acids is 1. The molecule has 1 aliphatic rings. The van der Waals surface area contributed by atoms with Gasteiger partial charge in [-0.1, -0.05) is 12.8 Å². The SMILES string of the molecule is Cc1ccncc1C(=O)N1CCCCCC1. The fourth-order valence-electron chi connectivity index (χ4n) is 2.13. The lowest BCUT2D eigenvalue weighted by Gasteiger charge is -2.20. The van der Waals surface area contributed by atoms with Crippen molar-refractivity contribution < 1.29 is 4.79 Å². The van der Waals surface area contributed by atoms with Crippen molar-refractivity contribution >= 4 is 5.91 Å². The predicted molar refractivity (Wildman–Crippen MR) is 63.3 cm³/mol. The van der Waals surface area contributed by atoms with Gasteiger partial charge in [0.05, 0.1) is 5.56 Å². The minimum atomic E-state index is 0.146. The van der Waals surface area contributed by atoms with Crippen LogP contribution in [0, 0.1) is 6.92 Å². The summed E-state index contributed by atoms with van der Waals surface area (Å²) < 4.78 is 0. The Hall–Kier alpha value is -1.38. The van der Waals surface area contributed by atoms with Crippen molar-refractivity contribution in [3.05, 3.63) is 29.6 Å². The third-order valence-corrected chi connectivity index (χ3v) is 3.16. The lowest BCUT2D eigenvalue weighted by Crippen LogP contribution is -2.32. The van der Waals surface area contributed by atoms with E-state index in [1.807, 2.05) is 17.9 Å². The molecule has 0 atom stereocenters. The van der Waals surface area contributed by atoms with Gasteiger partial charge in [0.2, 0.25) is 0 Å². The number of rotatable bonds is 1. The van der Waals surface area contributed by atoms with Crippen LogP contribution in [0.2, 0.25) is 0 Å². The predicted octanol–water partition coefficient (Wildman–Crippen LogP) is 2.41. The van der Waals surface area contributed by atoms with E-state index in [2.05, 4.69) is 4.98 Å². The average molecular weight is 218 g/mol. The molecule has 0 aromatic carbocycles. The highest BCUT2D eigenvalue weighted by molar-refractivity contribution is 5.95. The summed E-state index contributed by atoms with van der Waals surface area (Å²) in [6.45, 7) is 3.76. The quantitative estimate of drug-likeness (QED) is 0.725. The van der Waals surface area contributed by atoms with E-state index in [1.165, 1.54) is 12.8 Å². The first-order valence-corrected chi connectivity index (χ1v) is 5.99. The zero-order chi connectivity index (χ0) is 11.4. The summed E-state index contributed by atoms with van der Waals surface area (Å²) in [5.74, 6) is 0.146. The second kappa shape index (κ2) is 5.10. The Bertz CT molecular complexity index is 368. The number of pyridine rings is 1. The second-order valence-electron chi connectivity index (χ2n) is 4.40. The molecule has 86 valence electrons. The molecule has 0 N–H and O–H groups in total. The first-order valence-electron chi connectivity index (χ1n) is 5.99. The second-order valence-corrected chi connectivity index (χ2v) is 4.40. The Labute approximate surface area is 96.5 Å². The molecule has 0 saturated carbocycles. The fourth-order valence-corrected chi connectivity index (χ4v) is 2.13. The van der Waals surface area contributed by atoms with Gasteiger partial charge in [-0.15, -0.1) is 0 Å². The zero-order valence-corrected chi connectivity index (χ0v) is 9.78. The fraction of sp³-hybridized carbons (Fsp3) is 0.538. The average Bonchev–Trinajstić information content (AvgIpc) is 2.57. The summed E-state index contributed by atoms with van der Waals surface area (Å²) in [5.41, 5.74) is 1.77. The molecule has 3 heteroatoms. The molecule has 0 bridgehead atoms. The number of carbonyl (C=O) groups is 1. The number of nitrogens with zero attached hydrogens (tertiary/aromatic N) is 2. The smallest absolute Gasteiger partial charge is 0.255 e. The normalized spacial score (nSPS) is 16.9. The van der Waals surface area contributed by atoms with Gasteiger partial charge in [0.15, 0.2) is 0 Å². The van der Waals surface area contributed by atoms with Crippen LogP contribution in [-0.4, -0.2) is 28.9 Å². The van der Waals surface area contributed by atoms with Gasteiger partial charge in [-0.3, -0.25) is 9.78 Å². The van der Waals surface area contributed by atoms with Crippen LogP contribution in [0.25, 0.3) is 0 Å². The molecule has 3 nitrogen and oxygen atoms in total. The van der Waals surface area contributed by atoms with Crippen LogP contribution in [0.4, 0.5) is 0 Å². The number of amides is 1. The molecule has 0 spiro atoms. The molecule has 0 unspecified atom stereocenters. The Kier molecular flexibility index (Phi) is 3.54. The van der Waals surface area contributed by atoms with Crippen molar-refractivity contribution in [3.63, 3.8) is 0 Å². The van der Waals surface area contributed by atoms with E-state index < -0.39 is 0 Å². The number of likely N-dealkylation sites (tertiary alicyclic amines) is 1. The van der Waals surface area contributed by atoms with Crippen LogP contribution >= 0.6 is 0 Å². The molecular weight excluding hydrogens is 200 g/mol. The summed E-state index contributed by atoms with van der Waals surface area (Å²) in [7, 11) is 0. The van der Waals surface area contributed by atoms with Gasteiger partial charge in [0.25, 0.3) is 5.91 Å². The molecule has 1 fully saturated rings. The molecule has 1 aliphatic heterocycles. The third-order valence-electron chi connectivity index (χ3n) is 3.16. The molecule has 1 aromatic rings. The van der Waals surface area contributed by atoms with E-state index in [-0.39, 0.29) is 5.91 Å². The first kappa shape index (κ1) is 11.1. The maximum Gasteiger partial charge on any atom is 0.255 e. The van der Waals surface area contributed by atoms with Crippen molar-refractivity contribution in [2.75, 3.05) is 13.1 Å². The maximum absolute atomic E-state index is 12.3. The highest BCUT2D eigenvalue weighted by Gasteiger charge is 2.18. The topological polar surface area (TPSA) is 33.2 Å². The van der Waals surface area contributed by atoms with Crippen molar-refractivity contribution in [2.45, 2.75) is 32.6 Å². The Morgan fingerprint density at radius 1 is 1.25 bits per heavy atom. The molecule has 0 radical (unpaired) electrons. The van der Waals surface area contributed by atoms with Crippen LogP contribution in [0.5, 0.6) is 0 Å². The third kappa shape index (κ3) is 2.40. The number of aromatic nitrogens is 1. The zero-order valence-electron chi connectivity index (χ0n) is 9.78. The molecule has 2 heterocycles. The monoisotopic (exact) mass is 218 g/mol. The van der Waals surface area contributed by atoms with E-state index in [4.69, 9.17) is 0 Å². The number of hydrogen-bond donors (Lipinski definition) is 0. The standard InChI is InChI=1S/C13H18N2O/c1-11-6-7-14-10-12(11)13(16)15-8-4-2-3-5-9-15/h6-7,10H,2-5,8-9H2,1H3. The Balaban J connectivity index is 2.14. The van der Waals surface area contributed by atoms with Crippen molar-refractivity contribution in [3.8, 4) is 0 Å². The van der Waals surface area contributed by atoms with E-state index in [1.54, 1.807) is 12.4 Å². The molecule has 1 amide bonds. The van der Waals surface area contributed by atoms with Gasteiger partial charge < -0.3 is 4.90 Å². The molecule has 16 heavy (non-hydrogen) atoms. The lowest BCUT2D eigenvalue weighted by atomic mass is 10.1. The van der Waals surface area contributed by atoms with Gasteiger partial charge in [-0.2, -0.15) is 0 Å². The summed E-state index contributed by atoms with van der Waals surface area (Å²) in [6.07, 6.45) is 8.17.